The zero-order valence-electron chi connectivity index (χ0n) is 14.0. The standard InChI is InChI=1S/C16H22F3N3O.2ClH/c1-12(20)9-15(23)22-7-5-21(6-8-22)11-13-3-2-4-14(10-13)16(17,18)19;;/h2-4,10,12H,5-9,11,20H2,1H3;2*1H. The first-order valence-electron chi connectivity index (χ1n) is 7.67. The van der Waals surface area contributed by atoms with E-state index in [9.17, 15) is 18.0 Å². The van der Waals surface area contributed by atoms with Crippen LogP contribution in [0.25, 0.3) is 0 Å². The van der Waals surface area contributed by atoms with Crippen molar-refractivity contribution < 1.29 is 18.0 Å². The van der Waals surface area contributed by atoms with Crippen LogP contribution in [0.5, 0.6) is 0 Å². The number of hydrogen-bond acceptors (Lipinski definition) is 3. The second-order valence-electron chi connectivity index (χ2n) is 6.04. The van der Waals surface area contributed by atoms with Gasteiger partial charge < -0.3 is 10.6 Å². The molecule has 2 N–H and O–H groups in total. The van der Waals surface area contributed by atoms with E-state index in [0.29, 0.717) is 44.7 Å². The van der Waals surface area contributed by atoms with Crippen LogP contribution in [0.2, 0.25) is 0 Å². The van der Waals surface area contributed by atoms with Crippen LogP contribution >= 0.6 is 24.8 Å². The van der Waals surface area contributed by atoms with Gasteiger partial charge in [-0.1, -0.05) is 18.2 Å². The predicted octanol–water partition coefficient (Wildman–Crippen LogP) is 2.93. The van der Waals surface area contributed by atoms with E-state index in [0.717, 1.165) is 6.07 Å². The molecule has 2 rings (SSSR count). The fourth-order valence-electron chi connectivity index (χ4n) is 2.66. The third-order valence-corrected chi connectivity index (χ3v) is 3.88. The van der Waals surface area contributed by atoms with Gasteiger partial charge in [-0.3, -0.25) is 9.69 Å². The van der Waals surface area contributed by atoms with E-state index >= 15 is 0 Å². The summed E-state index contributed by atoms with van der Waals surface area (Å²) in [5.41, 5.74) is 5.64. The van der Waals surface area contributed by atoms with Crippen LogP contribution in [-0.4, -0.2) is 47.9 Å². The number of rotatable bonds is 4. The third kappa shape index (κ3) is 7.40. The highest BCUT2D eigenvalue weighted by molar-refractivity contribution is 5.85. The van der Waals surface area contributed by atoms with Crippen LogP contribution in [0.15, 0.2) is 24.3 Å². The maximum Gasteiger partial charge on any atom is 0.416 e. The minimum Gasteiger partial charge on any atom is -0.340 e. The summed E-state index contributed by atoms with van der Waals surface area (Å²) in [5.74, 6) is 0.0405. The molecule has 1 aromatic rings. The molecule has 1 heterocycles. The van der Waals surface area contributed by atoms with Crippen molar-refractivity contribution in [3.8, 4) is 0 Å². The number of nitrogens with two attached hydrogens (primary N) is 1. The Morgan fingerprint density at radius 2 is 1.80 bits per heavy atom. The molecule has 0 aromatic heterocycles. The number of nitrogens with zero attached hydrogens (tertiary/aromatic N) is 2. The number of carbonyl (C=O) groups is 1. The lowest BCUT2D eigenvalue weighted by Crippen LogP contribution is -2.49. The molecule has 1 fully saturated rings. The Morgan fingerprint density at radius 1 is 1.20 bits per heavy atom. The summed E-state index contributed by atoms with van der Waals surface area (Å²) >= 11 is 0. The number of hydrogen-bond donors (Lipinski definition) is 1. The minimum absolute atomic E-state index is 0. The highest BCUT2D eigenvalue weighted by atomic mass is 35.5. The molecule has 0 spiro atoms. The molecule has 1 aliphatic rings. The van der Waals surface area contributed by atoms with E-state index in [4.69, 9.17) is 5.73 Å². The summed E-state index contributed by atoms with van der Waals surface area (Å²) in [6, 6.07) is 5.23. The van der Waals surface area contributed by atoms with Crippen LogP contribution in [-0.2, 0) is 17.5 Å². The molecule has 0 saturated carbocycles. The van der Waals surface area contributed by atoms with Gasteiger partial charge in [0.25, 0.3) is 0 Å². The van der Waals surface area contributed by atoms with Gasteiger partial charge in [-0.25, -0.2) is 0 Å². The van der Waals surface area contributed by atoms with Gasteiger partial charge in [-0.05, 0) is 18.6 Å². The molecule has 0 radical (unpaired) electrons. The van der Waals surface area contributed by atoms with E-state index in [1.807, 2.05) is 0 Å². The van der Waals surface area contributed by atoms with Crippen molar-refractivity contribution in [1.82, 2.24) is 9.80 Å². The molecule has 1 aromatic carbocycles. The van der Waals surface area contributed by atoms with Gasteiger partial charge in [-0.15, -0.1) is 24.8 Å². The smallest absolute Gasteiger partial charge is 0.340 e. The summed E-state index contributed by atoms with van der Waals surface area (Å²) in [4.78, 5) is 15.8. The first kappa shape index (κ1) is 24.0. The van der Waals surface area contributed by atoms with E-state index in [1.165, 1.54) is 12.1 Å². The van der Waals surface area contributed by atoms with Crippen molar-refractivity contribution >= 4 is 30.7 Å². The van der Waals surface area contributed by atoms with Gasteiger partial charge >= 0.3 is 6.18 Å². The zero-order chi connectivity index (χ0) is 17.0. The lowest BCUT2D eigenvalue weighted by atomic mass is 10.1. The number of halogens is 5. The monoisotopic (exact) mass is 401 g/mol. The summed E-state index contributed by atoms with van der Waals surface area (Å²) in [5, 5.41) is 0. The van der Waals surface area contributed by atoms with Gasteiger partial charge in [-0.2, -0.15) is 13.2 Å². The third-order valence-electron chi connectivity index (χ3n) is 3.88. The predicted molar refractivity (Wildman–Crippen MR) is 96.1 cm³/mol. The number of carbonyl (C=O) groups excluding carboxylic acids is 1. The first-order valence-corrected chi connectivity index (χ1v) is 7.67. The lowest BCUT2D eigenvalue weighted by Gasteiger charge is -2.35. The molecule has 1 saturated heterocycles. The van der Waals surface area contributed by atoms with Crippen molar-refractivity contribution in [2.75, 3.05) is 26.2 Å². The molecule has 1 unspecified atom stereocenters. The summed E-state index contributed by atoms with van der Waals surface area (Å²) < 4.78 is 38.2. The highest BCUT2D eigenvalue weighted by Crippen LogP contribution is 2.29. The van der Waals surface area contributed by atoms with Gasteiger partial charge in [0.1, 0.15) is 0 Å². The number of amides is 1. The van der Waals surface area contributed by atoms with Crippen LogP contribution in [0, 0.1) is 0 Å². The minimum atomic E-state index is -4.32. The lowest BCUT2D eigenvalue weighted by molar-refractivity contribution is -0.137. The molecule has 1 amide bonds. The normalized spacial score (nSPS) is 16.6. The molecule has 144 valence electrons. The van der Waals surface area contributed by atoms with Crippen LogP contribution < -0.4 is 5.73 Å². The van der Waals surface area contributed by atoms with Crippen molar-refractivity contribution in [2.45, 2.75) is 32.1 Å². The molecule has 0 bridgehead atoms. The highest BCUT2D eigenvalue weighted by Gasteiger charge is 2.30. The Kier molecular flexibility index (Phi) is 9.79. The Balaban J connectivity index is 0.00000288. The largest absolute Gasteiger partial charge is 0.416 e. The molecule has 1 aliphatic heterocycles. The van der Waals surface area contributed by atoms with Gasteiger partial charge in [0.2, 0.25) is 5.91 Å². The molecular formula is C16H24Cl2F3N3O. The fraction of sp³-hybridized carbons (Fsp3) is 0.562. The van der Waals surface area contributed by atoms with E-state index < -0.39 is 11.7 Å². The first-order chi connectivity index (χ1) is 10.8. The quantitative estimate of drug-likeness (QED) is 0.843. The van der Waals surface area contributed by atoms with Crippen LogP contribution in [0.4, 0.5) is 13.2 Å². The van der Waals surface area contributed by atoms with E-state index in [-0.39, 0.29) is 36.8 Å². The molecule has 0 aliphatic carbocycles. The van der Waals surface area contributed by atoms with Gasteiger partial charge in [0.05, 0.1) is 5.56 Å². The van der Waals surface area contributed by atoms with Crippen LogP contribution in [0.3, 0.4) is 0 Å². The maximum absolute atomic E-state index is 12.7. The van der Waals surface area contributed by atoms with Crippen molar-refractivity contribution in [3.63, 3.8) is 0 Å². The summed E-state index contributed by atoms with van der Waals surface area (Å²) in [6.07, 6.45) is -3.99. The molecular weight excluding hydrogens is 378 g/mol. The molecule has 9 heteroatoms. The Labute approximate surface area is 158 Å². The Morgan fingerprint density at radius 3 is 2.32 bits per heavy atom. The second-order valence-corrected chi connectivity index (χ2v) is 6.04. The summed E-state index contributed by atoms with van der Waals surface area (Å²) in [6.45, 7) is 4.73. The summed E-state index contributed by atoms with van der Waals surface area (Å²) in [7, 11) is 0. The number of piperazine rings is 1. The van der Waals surface area contributed by atoms with Crippen molar-refractivity contribution in [3.05, 3.63) is 35.4 Å². The number of alkyl halides is 3. The zero-order valence-corrected chi connectivity index (χ0v) is 15.6. The molecule has 4 nitrogen and oxygen atoms in total. The maximum atomic E-state index is 12.7. The molecule has 1 atom stereocenters. The van der Waals surface area contributed by atoms with Crippen molar-refractivity contribution in [2.24, 2.45) is 5.73 Å². The fourth-order valence-corrected chi connectivity index (χ4v) is 2.66. The van der Waals surface area contributed by atoms with Crippen molar-refractivity contribution in [1.29, 1.82) is 0 Å². The Bertz CT molecular complexity index is 548. The van der Waals surface area contributed by atoms with Gasteiger partial charge in [0.15, 0.2) is 0 Å². The van der Waals surface area contributed by atoms with E-state index in [2.05, 4.69) is 4.90 Å². The average molecular weight is 402 g/mol. The average Bonchev–Trinajstić information content (AvgIpc) is 2.46. The molecule has 25 heavy (non-hydrogen) atoms. The van der Waals surface area contributed by atoms with Gasteiger partial charge in [0, 0.05) is 45.2 Å². The van der Waals surface area contributed by atoms with E-state index in [1.54, 1.807) is 17.9 Å². The van der Waals surface area contributed by atoms with Crippen LogP contribution in [0.1, 0.15) is 24.5 Å². The second kappa shape index (κ2) is 10.2. The topological polar surface area (TPSA) is 49.6 Å². The number of benzene rings is 1. The Hall–Kier alpha value is -1.02. The SMILES string of the molecule is CC(N)CC(=O)N1CCN(Cc2cccc(C(F)(F)F)c2)CC1.Cl.Cl.